The Balaban J connectivity index is 1.31. The number of likely N-dealkylation sites (tertiary alicyclic amines) is 2. The number of carbonyl (C=O) groups is 2. The molecule has 1 atom stereocenters. The van der Waals surface area contributed by atoms with Gasteiger partial charge < -0.3 is 20.3 Å². The van der Waals surface area contributed by atoms with Gasteiger partial charge in [-0.2, -0.15) is 0 Å². The molecule has 2 aliphatic rings. The van der Waals surface area contributed by atoms with Crippen molar-refractivity contribution in [3.8, 4) is 17.1 Å². The van der Waals surface area contributed by atoms with Crippen molar-refractivity contribution in [2.24, 2.45) is 11.7 Å². The summed E-state index contributed by atoms with van der Waals surface area (Å²) in [6.07, 6.45) is 8.11. The molecule has 39 heavy (non-hydrogen) atoms. The Morgan fingerprint density at radius 2 is 1.77 bits per heavy atom. The zero-order chi connectivity index (χ0) is 28.0. The van der Waals surface area contributed by atoms with Gasteiger partial charge in [0.05, 0.1) is 24.6 Å². The van der Waals surface area contributed by atoms with E-state index in [1.165, 1.54) is 17.0 Å². The first-order chi connectivity index (χ1) is 18.7. The number of aromatic nitrogens is 2. The highest BCUT2D eigenvalue weighted by Gasteiger charge is 2.33. The average molecular weight is 544 g/mol. The zero-order valence-corrected chi connectivity index (χ0v) is 22.9. The molecule has 3 heterocycles. The lowest BCUT2D eigenvalue weighted by atomic mass is 9.94. The number of hydrogen-bond donors (Lipinski definition) is 1. The van der Waals surface area contributed by atoms with Gasteiger partial charge in [-0.25, -0.2) is 18.7 Å². The average Bonchev–Trinajstić information content (AvgIpc) is 2.96. The summed E-state index contributed by atoms with van der Waals surface area (Å²) in [4.78, 5) is 36.9. The second-order valence-corrected chi connectivity index (χ2v) is 10.7. The normalized spacial score (nSPS) is 19.2. The van der Waals surface area contributed by atoms with Gasteiger partial charge in [0, 0.05) is 18.7 Å². The lowest BCUT2D eigenvalue weighted by Crippen LogP contribution is -2.50. The van der Waals surface area contributed by atoms with Crippen molar-refractivity contribution < 1.29 is 23.1 Å². The van der Waals surface area contributed by atoms with Crippen LogP contribution in [0, 0.1) is 11.7 Å². The van der Waals surface area contributed by atoms with E-state index < -0.39 is 29.3 Å². The summed E-state index contributed by atoms with van der Waals surface area (Å²) in [5.41, 5.74) is 4.66. The van der Waals surface area contributed by atoms with Crippen LogP contribution in [0.25, 0.3) is 11.4 Å². The predicted molar refractivity (Wildman–Crippen MR) is 144 cm³/mol. The summed E-state index contributed by atoms with van der Waals surface area (Å²) >= 11 is 0. The minimum atomic E-state index is -1.11. The molecule has 0 spiro atoms. The van der Waals surface area contributed by atoms with Gasteiger partial charge in [-0.15, -0.1) is 0 Å². The molecule has 2 fully saturated rings. The van der Waals surface area contributed by atoms with E-state index in [-0.39, 0.29) is 5.56 Å². The van der Waals surface area contributed by atoms with Crippen LogP contribution in [-0.4, -0.2) is 76.1 Å². The number of piperidine rings is 2. The minimum absolute atomic E-state index is 0.112. The molecule has 0 saturated carbocycles. The van der Waals surface area contributed by atoms with Crippen molar-refractivity contribution in [3.05, 3.63) is 42.0 Å². The molecule has 0 unspecified atom stereocenters. The number of hydrogen-bond acceptors (Lipinski definition) is 6. The molecular weight excluding hydrogens is 504 g/mol. The highest BCUT2D eigenvalue weighted by atomic mass is 19.1. The number of rotatable bonds is 10. The van der Waals surface area contributed by atoms with E-state index in [9.17, 15) is 18.4 Å². The second-order valence-electron chi connectivity index (χ2n) is 10.7. The van der Waals surface area contributed by atoms with Gasteiger partial charge in [-0.05, 0) is 76.1 Å². The number of nitrogens with two attached hydrogens (primary N) is 1. The molecule has 1 aromatic heterocycles. The van der Waals surface area contributed by atoms with Gasteiger partial charge in [0.1, 0.15) is 17.5 Å². The fourth-order valence-electron chi connectivity index (χ4n) is 5.39. The Hall–Kier alpha value is -3.14. The molecule has 10 heteroatoms. The number of amides is 2. The summed E-state index contributed by atoms with van der Waals surface area (Å²) < 4.78 is 35.6. The highest BCUT2D eigenvalue weighted by molar-refractivity contribution is 5.98. The molecule has 0 radical (unpaired) electrons. The van der Waals surface area contributed by atoms with E-state index in [2.05, 4.69) is 14.9 Å². The van der Waals surface area contributed by atoms with E-state index in [1.54, 1.807) is 18.5 Å². The molecule has 2 N–H and O–H groups in total. The first kappa shape index (κ1) is 28.9. The third kappa shape index (κ3) is 7.09. The molecule has 8 nitrogen and oxygen atoms in total. The summed E-state index contributed by atoms with van der Waals surface area (Å²) in [6.45, 7) is 6.93. The second kappa shape index (κ2) is 12.8. The molecule has 0 bridgehead atoms. The fraction of sp³-hybridized carbons (Fsp3) is 0.586. The van der Waals surface area contributed by atoms with Crippen LogP contribution in [0.3, 0.4) is 0 Å². The van der Waals surface area contributed by atoms with Gasteiger partial charge in [0.2, 0.25) is 5.91 Å². The molecular formula is C29H39F2N5O3. The highest BCUT2D eigenvalue weighted by Crippen LogP contribution is 2.27. The Morgan fingerprint density at radius 1 is 1.08 bits per heavy atom. The van der Waals surface area contributed by atoms with Crippen LogP contribution < -0.4 is 10.5 Å². The van der Waals surface area contributed by atoms with E-state index in [1.807, 2.05) is 13.8 Å². The van der Waals surface area contributed by atoms with Gasteiger partial charge in [-0.3, -0.25) is 9.59 Å². The molecule has 2 amide bonds. The Labute approximate surface area is 228 Å². The molecule has 2 saturated heterocycles. The SMILES string of the molecule is CCC(F)(CC)CN1CCC(COc2cnc(-c3ccc(C(=O)N4CCCC[C@@H]4C(N)=O)c(F)c3)nc2)CC1. The first-order valence-electron chi connectivity index (χ1n) is 14.0. The van der Waals surface area contributed by atoms with Crippen LogP contribution >= 0.6 is 0 Å². The van der Waals surface area contributed by atoms with E-state index in [0.29, 0.717) is 62.0 Å². The number of benzene rings is 1. The van der Waals surface area contributed by atoms with Crippen molar-refractivity contribution in [2.45, 2.75) is 70.5 Å². The molecule has 2 aliphatic heterocycles. The van der Waals surface area contributed by atoms with Crippen LogP contribution in [0.1, 0.15) is 69.2 Å². The van der Waals surface area contributed by atoms with E-state index in [0.717, 1.165) is 38.8 Å². The van der Waals surface area contributed by atoms with Gasteiger partial charge >= 0.3 is 0 Å². The number of nitrogens with zero attached hydrogens (tertiary/aromatic N) is 4. The van der Waals surface area contributed by atoms with Crippen molar-refractivity contribution >= 4 is 11.8 Å². The number of ether oxygens (including phenoxy) is 1. The summed E-state index contributed by atoms with van der Waals surface area (Å²) in [6, 6.07) is 3.49. The Kier molecular flexibility index (Phi) is 9.48. The topological polar surface area (TPSA) is 102 Å². The molecule has 2 aromatic rings. The lowest BCUT2D eigenvalue weighted by molar-refractivity contribution is -0.123. The molecule has 1 aromatic carbocycles. The Bertz CT molecular complexity index is 1130. The maximum atomic E-state index is 15.0. The van der Waals surface area contributed by atoms with Crippen molar-refractivity contribution in [1.82, 2.24) is 19.8 Å². The van der Waals surface area contributed by atoms with Crippen molar-refractivity contribution in [1.29, 1.82) is 0 Å². The van der Waals surface area contributed by atoms with E-state index in [4.69, 9.17) is 10.5 Å². The van der Waals surface area contributed by atoms with Gasteiger partial charge in [0.15, 0.2) is 11.6 Å². The monoisotopic (exact) mass is 543 g/mol. The number of halogens is 2. The predicted octanol–water partition coefficient (Wildman–Crippen LogP) is 4.38. The number of alkyl halides is 1. The fourth-order valence-corrected chi connectivity index (χ4v) is 5.39. The molecule has 0 aliphatic carbocycles. The van der Waals surface area contributed by atoms with Crippen LogP contribution in [0.4, 0.5) is 8.78 Å². The Morgan fingerprint density at radius 3 is 2.38 bits per heavy atom. The van der Waals surface area contributed by atoms with Crippen molar-refractivity contribution in [3.63, 3.8) is 0 Å². The van der Waals surface area contributed by atoms with Crippen LogP contribution in [0.15, 0.2) is 30.6 Å². The maximum absolute atomic E-state index is 15.0. The summed E-state index contributed by atoms with van der Waals surface area (Å²) in [7, 11) is 0. The van der Waals surface area contributed by atoms with Crippen molar-refractivity contribution in [2.75, 3.05) is 32.8 Å². The van der Waals surface area contributed by atoms with Crippen LogP contribution in [-0.2, 0) is 4.79 Å². The summed E-state index contributed by atoms with van der Waals surface area (Å²) in [5, 5.41) is 0. The quantitative estimate of drug-likeness (QED) is 0.477. The largest absolute Gasteiger partial charge is 0.490 e. The van der Waals surface area contributed by atoms with E-state index >= 15 is 0 Å². The molecule has 4 rings (SSSR count). The first-order valence-corrected chi connectivity index (χ1v) is 14.0. The molecule has 212 valence electrons. The van der Waals surface area contributed by atoms with Crippen LogP contribution in [0.5, 0.6) is 5.75 Å². The minimum Gasteiger partial charge on any atom is -0.490 e. The third-order valence-corrected chi connectivity index (χ3v) is 8.15. The van der Waals surface area contributed by atoms with Gasteiger partial charge in [-0.1, -0.05) is 19.9 Å². The maximum Gasteiger partial charge on any atom is 0.257 e. The van der Waals surface area contributed by atoms with Crippen LogP contribution in [0.2, 0.25) is 0 Å². The number of carbonyl (C=O) groups excluding carboxylic acids is 2. The zero-order valence-electron chi connectivity index (χ0n) is 22.9. The standard InChI is InChI=1S/C29H39F2N5O3/c1-3-29(31,4-2)19-35-13-10-20(11-14-35)18-39-22-16-33-27(34-17-22)21-8-9-23(24(30)15-21)28(38)36-12-6-5-7-25(36)26(32)37/h8-9,15-17,20,25H,3-7,10-14,18-19H2,1-2H3,(H2,32,37)/t25-/m1/s1. The lowest BCUT2D eigenvalue weighted by Gasteiger charge is -2.36. The smallest absolute Gasteiger partial charge is 0.257 e. The summed E-state index contributed by atoms with van der Waals surface area (Å²) in [5.74, 6) is -0.611. The third-order valence-electron chi connectivity index (χ3n) is 8.15. The number of primary amides is 1. The van der Waals surface area contributed by atoms with Gasteiger partial charge in [0.25, 0.3) is 5.91 Å².